The molecule has 0 aliphatic heterocycles. The number of hydrogen-bond acceptors (Lipinski definition) is 5. The van der Waals surface area contributed by atoms with E-state index in [9.17, 15) is 0 Å². The predicted molar refractivity (Wildman–Crippen MR) is 79.4 cm³/mol. The zero-order valence-electron chi connectivity index (χ0n) is 11.6. The van der Waals surface area contributed by atoms with Crippen LogP contribution in [0.5, 0.6) is 0 Å². The van der Waals surface area contributed by atoms with E-state index < -0.39 is 0 Å². The number of nitrogens with one attached hydrogen (secondary N) is 1. The summed E-state index contributed by atoms with van der Waals surface area (Å²) >= 11 is 3.57. The van der Waals surface area contributed by atoms with Crippen molar-refractivity contribution in [3.8, 4) is 0 Å². The first kappa shape index (κ1) is 15.1. The molecule has 0 bridgehead atoms. The third-order valence-corrected chi connectivity index (χ3v) is 3.53. The van der Waals surface area contributed by atoms with Crippen molar-refractivity contribution in [3.63, 3.8) is 0 Å². The van der Waals surface area contributed by atoms with Crippen LogP contribution < -0.4 is 5.32 Å². The molecule has 6 nitrogen and oxygen atoms in total. The van der Waals surface area contributed by atoms with E-state index in [1.807, 2.05) is 10.7 Å². The van der Waals surface area contributed by atoms with Crippen molar-refractivity contribution in [2.24, 2.45) is 0 Å². The molecule has 7 heteroatoms. The van der Waals surface area contributed by atoms with Gasteiger partial charge in [-0.3, -0.25) is 4.68 Å². The lowest BCUT2D eigenvalue weighted by Crippen LogP contribution is -2.26. The van der Waals surface area contributed by atoms with Gasteiger partial charge in [0, 0.05) is 13.3 Å². The molecule has 108 valence electrons. The summed E-state index contributed by atoms with van der Waals surface area (Å²) in [5.41, 5.74) is 1.96. The molecule has 0 saturated carbocycles. The van der Waals surface area contributed by atoms with Crippen LogP contribution in [0, 0.1) is 0 Å². The summed E-state index contributed by atoms with van der Waals surface area (Å²) in [4.78, 5) is 8.32. The third-order valence-electron chi connectivity index (χ3n) is 2.92. The van der Waals surface area contributed by atoms with Gasteiger partial charge in [-0.1, -0.05) is 6.92 Å². The summed E-state index contributed by atoms with van der Waals surface area (Å²) in [5, 5.41) is 7.83. The number of ether oxygens (including phenoxy) is 1. The van der Waals surface area contributed by atoms with Crippen LogP contribution in [0.1, 0.15) is 24.4 Å². The quantitative estimate of drug-likeness (QED) is 0.832. The third kappa shape index (κ3) is 3.41. The molecule has 1 atom stereocenters. The normalized spacial score (nSPS) is 12.6. The first-order valence-corrected chi connectivity index (χ1v) is 7.26. The second-order valence-electron chi connectivity index (χ2n) is 4.22. The Bertz CT molecular complexity index is 531. The van der Waals surface area contributed by atoms with Gasteiger partial charge in [-0.25, -0.2) is 9.97 Å². The van der Waals surface area contributed by atoms with Crippen molar-refractivity contribution in [2.75, 3.05) is 20.3 Å². The average Bonchev–Trinajstić information content (AvgIpc) is 2.84. The molecule has 0 spiro atoms. The monoisotopic (exact) mass is 339 g/mol. The number of nitrogens with zero attached hydrogens (tertiary/aromatic N) is 4. The van der Waals surface area contributed by atoms with Gasteiger partial charge in [-0.2, -0.15) is 5.10 Å². The number of methoxy groups -OCH3 is 1. The summed E-state index contributed by atoms with van der Waals surface area (Å²) in [6.07, 6.45) is 5.11. The lowest BCUT2D eigenvalue weighted by molar-refractivity contribution is 0.182. The summed E-state index contributed by atoms with van der Waals surface area (Å²) in [6.45, 7) is 4.21. The first-order valence-electron chi connectivity index (χ1n) is 6.47. The van der Waals surface area contributed by atoms with Gasteiger partial charge in [-0.05, 0) is 28.5 Å². The topological polar surface area (TPSA) is 64.9 Å². The average molecular weight is 340 g/mol. The van der Waals surface area contributed by atoms with Gasteiger partial charge in [0.1, 0.15) is 6.33 Å². The molecule has 2 heterocycles. The van der Waals surface area contributed by atoms with Crippen molar-refractivity contribution in [1.82, 2.24) is 25.1 Å². The smallest absolute Gasteiger partial charge is 0.115 e. The van der Waals surface area contributed by atoms with Gasteiger partial charge < -0.3 is 10.1 Å². The fourth-order valence-corrected chi connectivity index (χ4v) is 2.56. The van der Waals surface area contributed by atoms with Crippen molar-refractivity contribution >= 4 is 15.9 Å². The van der Waals surface area contributed by atoms with E-state index in [1.54, 1.807) is 25.8 Å². The Hall–Kier alpha value is -1.31. The van der Waals surface area contributed by atoms with Crippen LogP contribution in [0.3, 0.4) is 0 Å². The Balaban J connectivity index is 2.36. The maximum atomic E-state index is 5.13. The maximum absolute atomic E-state index is 5.13. The molecule has 1 unspecified atom stereocenters. The van der Waals surface area contributed by atoms with Gasteiger partial charge in [0.05, 0.1) is 41.3 Å². The number of rotatable bonds is 7. The highest BCUT2D eigenvalue weighted by atomic mass is 79.9. The van der Waals surface area contributed by atoms with E-state index in [0.717, 1.165) is 22.4 Å². The standard InChI is InChI=1S/C13H18BrN5O/c1-3-16-12(11-4-5-15-9-17-11)13-10(14)8-18-19(13)6-7-20-2/h4-5,8-9,12,16H,3,6-7H2,1-2H3. The van der Waals surface area contributed by atoms with E-state index in [2.05, 4.69) is 43.2 Å². The highest BCUT2D eigenvalue weighted by Gasteiger charge is 2.22. The van der Waals surface area contributed by atoms with Crippen molar-refractivity contribution in [2.45, 2.75) is 19.5 Å². The molecule has 2 rings (SSSR count). The largest absolute Gasteiger partial charge is 0.383 e. The molecule has 0 aliphatic carbocycles. The fourth-order valence-electron chi connectivity index (χ4n) is 2.03. The molecular formula is C13H18BrN5O. The number of halogens is 1. The maximum Gasteiger partial charge on any atom is 0.115 e. The molecule has 20 heavy (non-hydrogen) atoms. The van der Waals surface area contributed by atoms with Gasteiger partial charge >= 0.3 is 0 Å². The van der Waals surface area contributed by atoms with Crippen molar-refractivity contribution in [3.05, 3.63) is 40.6 Å². The molecule has 0 amide bonds. The molecule has 2 aromatic rings. The second-order valence-corrected chi connectivity index (χ2v) is 5.07. The Kier molecular flexibility index (Phi) is 5.63. The highest BCUT2D eigenvalue weighted by Crippen LogP contribution is 2.27. The van der Waals surface area contributed by atoms with Crippen LogP contribution in [0.4, 0.5) is 0 Å². The zero-order chi connectivity index (χ0) is 14.4. The minimum absolute atomic E-state index is 0.0308. The predicted octanol–water partition coefficient (Wildman–Crippen LogP) is 1.78. The second kappa shape index (κ2) is 7.47. The molecule has 2 aromatic heterocycles. The summed E-state index contributed by atoms with van der Waals surface area (Å²) in [7, 11) is 1.68. The van der Waals surface area contributed by atoms with Crippen LogP contribution in [0.2, 0.25) is 0 Å². The highest BCUT2D eigenvalue weighted by molar-refractivity contribution is 9.10. The Labute approximate surface area is 126 Å². The van der Waals surface area contributed by atoms with Gasteiger partial charge in [-0.15, -0.1) is 0 Å². The van der Waals surface area contributed by atoms with E-state index in [-0.39, 0.29) is 6.04 Å². The van der Waals surface area contributed by atoms with Crippen LogP contribution in [0.15, 0.2) is 29.3 Å². The van der Waals surface area contributed by atoms with Gasteiger partial charge in [0.15, 0.2) is 0 Å². The number of aromatic nitrogens is 4. The van der Waals surface area contributed by atoms with E-state index >= 15 is 0 Å². The SMILES string of the molecule is CCNC(c1ccncn1)c1c(Br)cnn1CCOC. The van der Waals surface area contributed by atoms with E-state index in [4.69, 9.17) is 4.74 Å². The molecule has 0 fully saturated rings. The Morgan fingerprint density at radius 1 is 1.50 bits per heavy atom. The van der Waals surface area contributed by atoms with Crippen molar-refractivity contribution in [1.29, 1.82) is 0 Å². The fraction of sp³-hybridized carbons (Fsp3) is 0.462. The van der Waals surface area contributed by atoms with E-state index in [0.29, 0.717) is 13.2 Å². The first-order chi connectivity index (χ1) is 9.77. The van der Waals surface area contributed by atoms with Crippen molar-refractivity contribution < 1.29 is 4.74 Å². The summed E-state index contributed by atoms with van der Waals surface area (Å²) < 4.78 is 8.02. The Morgan fingerprint density at radius 2 is 2.35 bits per heavy atom. The molecule has 0 saturated heterocycles. The van der Waals surface area contributed by atoms with Crippen LogP contribution in [-0.4, -0.2) is 40.0 Å². The minimum atomic E-state index is -0.0308. The molecule has 1 N–H and O–H groups in total. The van der Waals surface area contributed by atoms with Crippen LogP contribution in [-0.2, 0) is 11.3 Å². The van der Waals surface area contributed by atoms with Gasteiger partial charge in [0.25, 0.3) is 0 Å². The summed E-state index contributed by atoms with van der Waals surface area (Å²) in [5.74, 6) is 0. The molecule has 0 radical (unpaired) electrons. The molecule has 0 aromatic carbocycles. The molecular weight excluding hydrogens is 322 g/mol. The lowest BCUT2D eigenvalue weighted by atomic mass is 10.1. The zero-order valence-corrected chi connectivity index (χ0v) is 13.2. The van der Waals surface area contributed by atoms with Crippen LogP contribution in [0.25, 0.3) is 0 Å². The Morgan fingerprint density at radius 3 is 3.00 bits per heavy atom. The summed E-state index contributed by atoms with van der Waals surface area (Å²) in [6, 6.07) is 1.88. The molecule has 0 aliphatic rings. The number of hydrogen-bond donors (Lipinski definition) is 1. The van der Waals surface area contributed by atoms with E-state index in [1.165, 1.54) is 0 Å². The minimum Gasteiger partial charge on any atom is -0.383 e. The van der Waals surface area contributed by atoms with Gasteiger partial charge in [0.2, 0.25) is 0 Å². The lowest BCUT2D eigenvalue weighted by Gasteiger charge is -2.19. The van der Waals surface area contributed by atoms with Crippen LogP contribution >= 0.6 is 15.9 Å².